The zero-order valence-electron chi connectivity index (χ0n) is 9.73. The number of rotatable bonds is 2. The van der Waals surface area contributed by atoms with Gasteiger partial charge in [0.1, 0.15) is 0 Å². The Hall–Kier alpha value is -0.480. The van der Waals surface area contributed by atoms with E-state index in [1.807, 2.05) is 0 Å². The first-order valence-corrected chi connectivity index (χ1v) is 5.65. The van der Waals surface area contributed by atoms with Gasteiger partial charge in [-0.05, 0) is 24.7 Å². The fourth-order valence-electron chi connectivity index (χ4n) is 1.51. The Morgan fingerprint density at radius 3 is 2.57 bits per heavy atom. The molecule has 0 aromatic rings. The van der Waals surface area contributed by atoms with Crippen molar-refractivity contribution in [2.24, 2.45) is 5.41 Å². The largest absolute Gasteiger partial charge is 0.378 e. The van der Waals surface area contributed by atoms with Crippen molar-refractivity contribution >= 4 is 0 Å². The normalized spacial score (nSPS) is 23.2. The Morgan fingerprint density at radius 2 is 1.86 bits per heavy atom. The highest BCUT2D eigenvalue weighted by molar-refractivity contribution is 5.00. The molecule has 1 unspecified atom stereocenters. The van der Waals surface area contributed by atoms with Crippen LogP contribution in [0.25, 0.3) is 0 Å². The third-order valence-corrected chi connectivity index (χ3v) is 2.30. The van der Waals surface area contributed by atoms with Gasteiger partial charge in [-0.25, -0.2) is 0 Å². The molecule has 0 saturated carbocycles. The summed E-state index contributed by atoms with van der Waals surface area (Å²) in [6.45, 7) is 7.52. The van der Waals surface area contributed by atoms with Gasteiger partial charge in [0.2, 0.25) is 0 Å². The molecule has 1 aliphatic rings. The molecule has 1 heteroatoms. The minimum Gasteiger partial charge on any atom is -0.378 e. The minimum atomic E-state index is 0.286. The van der Waals surface area contributed by atoms with Gasteiger partial charge in [-0.15, -0.1) is 11.8 Å². The summed E-state index contributed by atoms with van der Waals surface area (Å²) >= 11 is 0. The van der Waals surface area contributed by atoms with E-state index < -0.39 is 0 Å². The van der Waals surface area contributed by atoms with Gasteiger partial charge in [0.05, 0.1) is 12.7 Å². The Balaban J connectivity index is 2.27. The van der Waals surface area contributed by atoms with Gasteiger partial charge in [0, 0.05) is 12.8 Å². The summed E-state index contributed by atoms with van der Waals surface area (Å²) in [6.07, 6.45) is 6.00. The highest BCUT2D eigenvalue weighted by Gasteiger charge is 2.15. The summed E-state index contributed by atoms with van der Waals surface area (Å²) in [6, 6.07) is 0. The molecule has 0 fully saturated rings. The number of hydrogen-bond acceptors (Lipinski definition) is 1. The van der Waals surface area contributed by atoms with Crippen LogP contribution >= 0.6 is 0 Å². The van der Waals surface area contributed by atoms with Crippen LogP contribution in [0, 0.1) is 17.3 Å². The molecule has 0 spiro atoms. The van der Waals surface area contributed by atoms with Gasteiger partial charge in [0.25, 0.3) is 0 Å². The van der Waals surface area contributed by atoms with Crippen LogP contribution in [0.4, 0.5) is 0 Å². The quantitative estimate of drug-likeness (QED) is 0.612. The van der Waals surface area contributed by atoms with Crippen LogP contribution in [0.5, 0.6) is 0 Å². The maximum atomic E-state index is 5.92. The lowest BCUT2D eigenvalue weighted by Crippen LogP contribution is -2.22. The number of ether oxygens (including phenoxy) is 1. The molecule has 1 aliphatic carbocycles. The summed E-state index contributed by atoms with van der Waals surface area (Å²) in [5, 5.41) is 0. The van der Waals surface area contributed by atoms with E-state index >= 15 is 0 Å². The Labute approximate surface area is 88.2 Å². The summed E-state index contributed by atoms with van der Waals surface area (Å²) in [5.41, 5.74) is 0.286. The minimum absolute atomic E-state index is 0.286. The van der Waals surface area contributed by atoms with Gasteiger partial charge in [-0.1, -0.05) is 20.8 Å². The summed E-state index contributed by atoms with van der Waals surface area (Å²) in [7, 11) is 0. The third-order valence-electron chi connectivity index (χ3n) is 2.30. The summed E-state index contributed by atoms with van der Waals surface area (Å²) in [5.74, 6) is 6.36. The van der Waals surface area contributed by atoms with Gasteiger partial charge < -0.3 is 4.74 Å². The van der Waals surface area contributed by atoms with E-state index in [1.54, 1.807) is 0 Å². The lowest BCUT2D eigenvalue weighted by atomic mass is 9.98. The van der Waals surface area contributed by atoms with Crippen LogP contribution in [0.1, 0.15) is 52.9 Å². The van der Waals surface area contributed by atoms with Gasteiger partial charge in [-0.2, -0.15) is 0 Å². The van der Waals surface area contributed by atoms with Crippen LogP contribution in [0.3, 0.4) is 0 Å². The second kappa shape index (κ2) is 5.41. The van der Waals surface area contributed by atoms with Crippen molar-refractivity contribution in [3.8, 4) is 11.8 Å². The Morgan fingerprint density at radius 1 is 1.14 bits per heavy atom. The number of hydrogen-bond donors (Lipinski definition) is 0. The standard InChI is InChI=1S/C13H22O/c1-13(2,3)11-14-12-9-7-5-4-6-8-10-12/h12H,5,7-11H2,1-3H3. The average molecular weight is 194 g/mol. The molecule has 14 heavy (non-hydrogen) atoms. The fraction of sp³-hybridized carbons (Fsp3) is 0.846. The zero-order chi connectivity index (χ0) is 10.4. The molecule has 0 aliphatic heterocycles. The SMILES string of the molecule is CC(C)(C)COC1CCC#CCCC1. The maximum Gasteiger partial charge on any atom is 0.0584 e. The van der Waals surface area contributed by atoms with Crippen molar-refractivity contribution in [1.29, 1.82) is 0 Å². The van der Waals surface area contributed by atoms with E-state index in [-0.39, 0.29) is 5.41 Å². The molecule has 1 rings (SSSR count). The average Bonchev–Trinajstić information content (AvgIpc) is 2.00. The van der Waals surface area contributed by atoms with E-state index in [9.17, 15) is 0 Å². The lowest BCUT2D eigenvalue weighted by molar-refractivity contribution is -0.000125. The third kappa shape index (κ3) is 5.29. The van der Waals surface area contributed by atoms with Crippen molar-refractivity contribution in [2.75, 3.05) is 6.61 Å². The Kier molecular flexibility index (Phi) is 4.48. The van der Waals surface area contributed by atoms with Crippen LogP contribution < -0.4 is 0 Å². The first-order valence-electron chi connectivity index (χ1n) is 5.65. The highest BCUT2D eigenvalue weighted by Crippen LogP contribution is 2.18. The molecule has 80 valence electrons. The van der Waals surface area contributed by atoms with Gasteiger partial charge in [0.15, 0.2) is 0 Å². The molecule has 0 amide bonds. The van der Waals surface area contributed by atoms with E-state index in [1.165, 1.54) is 12.8 Å². The predicted molar refractivity (Wildman–Crippen MR) is 60.1 cm³/mol. The van der Waals surface area contributed by atoms with Crippen LogP contribution in [-0.2, 0) is 4.74 Å². The molecular formula is C13H22O. The zero-order valence-corrected chi connectivity index (χ0v) is 9.73. The van der Waals surface area contributed by atoms with Gasteiger partial charge >= 0.3 is 0 Å². The van der Waals surface area contributed by atoms with Crippen LogP contribution in [0.2, 0.25) is 0 Å². The molecule has 1 nitrogen and oxygen atoms in total. The lowest BCUT2D eigenvalue weighted by Gasteiger charge is -2.24. The van der Waals surface area contributed by atoms with Crippen molar-refractivity contribution < 1.29 is 4.74 Å². The molecular weight excluding hydrogens is 172 g/mol. The molecule has 1 atom stereocenters. The van der Waals surface area contributed by atoms with Crippen molar-refractivity contribution in [1.82, 2.24) is 0 Å². The molecule has 0 aromatic carbocycles. The molecule has 0 N–H and O–H groups in total. The second-order valence-corrected chi connectivity index (χ2v) is 5.28. The molecule has 0 bridgehead atoms. The maximum absolute atomic E-state index is 5.92. The monoisotopic (exact) mass is 194 g/mol. The topological polar surface area (TPSA) is 9.23 Å². The van der Waals surface area contributed by atoms with Crippen molar-refractivity contribution in [2.45, 2.75) is 59.0 Å². The molecule has 0 radical (unpaired) electrons. The van der Waals surface area contributed by atoms with Crippen LogP contribution in [0.15, 0.2) is 0 Å². The highest BCUT2D eigenvalue weighted by atomic mass is 16.5. The first kappa shape index (κ1) is 11.6. The summed E-state index contributed by atoms with van der Waals surface area (Å²) < 4.78 is 5.92. The Bertz CT molecular complexity index is 214. The van der Waals surface area contributed by atoms with Crippen molar-refractivity contribution in [3.63, 3.8) is 0 Å². The fourth-order valence-corrected chi connectivity index (χ4v) is 1.51. The van der Waals surface area contributed by atoms with E-state index in [2.05, 4.69) is 32.6 Å². The molecule has 0 saturated heterocycles. The summed E-state index contributed by atoms with van der Waals surface area (Å²) in [4.78, 5) is 0. The van der Waals surface area contributed by atoms with Crippen LogP contribution in [-0.4, -0.2) is 12.7 Å². The van der Waals surface area contributed by atoms with Crippen molar-refractivity contribution in [3.05, 3.63) is 0 Å². The second-order valence-electron chi connectivity index (χ2n) is 5.28. The molecule has 0 aromatic heterocycles. The first-order chi connectivity index (χ1) is 6.58. The van der Waals surface area contributed by atoms with E-state index in [0.717, 1.165) is 25.9 Å². The van der Waals surface area contributed by atoms with E-state index in [0.29, 0.717) is 6.10 Å². The smallest absolute Gasteiger partial charge is 0.0584 e. The molecule has 0 heterocycles. The van der Waals surface area contributed by atoms with E-state index in [4.69, 9.17) is 4.74 Å². The van der Waals surface area contributed by atoms with Gasteiger partial charge in [-0.3, -0.25) is 0 Å². The predicted octanol–water partition coefficient (Wildman–Crippen LogP) is 3.39.